The maximum absolute atomic E-state index is 11.0. The summed E-state index contributed by atoms with van der Waals surface area (Å²) in [6.07, 6.45) is 0. The minimum Gasteiger partial charge on any atom is -0.501 e. The lowest BCUT2D eigenvalue weighted by Gasteiger charge is -2.04. The van der Waals surface area contributed by atoms with Crippen LogP contribution in [0.2, 0.25) is 0 Å². The van der Waals surface area contributed by atoms with Crippen LogP contribution in [0.25, 0.3) is 0 Å². The van der Waals surface area contributed by atoms with Gasteiger partial charge in [-0.2, -0.15) is 0 Å². The summed E-state index contributed by atoms with van der Waals surface area (Å²) < 4.78 is 8.96. The second kappa shape index (κ2) is 6.31. The Labute approximate surface area is 87.1 Å². The van der Waals surface area contributed by atoms with Gasteiger partial charge in [0, 0.05) is 0 Å². The Morgan fingerprint density at radius 3 is 2.00 bits per heavy atom. The molecule has 14 heavy (non-hydrogen) atoms. The van der Waals surface area contributed by atoms with Crippen molar-refractivity contribution in [3.8, 4) is 0 Å². The van der Waals surface area contributed by atoms with E-state index in [0.29, 0.717) is 0 Å². The first-order valence-electron chi connectivity index (χ1n) is 4.01. The zero-order valence-electron chi connectivity index (χ0n) is 7.94. The largest absolute Gasteiger partial charge is 0.501 e. The molecule has 0 saturated heterocycles. The minimum atomic E-state index is -0.995. The Morgan fingerprint density at radius 1 is 1.14 bits per heavy atom. The molecular weight excluding hydrogens is 208 g/mol. The minimum absolute atomic E-state index is 0.104. The van der Waals surface area contributed by atoms with E-state index in [1.165, 1.54) is 0 Å². The van der Waals surface area contributed by atoms with Crippen LogP contribution in [0.1, 0.15) is 13.8 Å². The van der Waals surface area contributed by atoms with Crippen molar-refractivity contribution in [3.63, 3.8) is 0 Å². The number of carbonyl (C=O) groups is 2. The Morgan fingerprint density at radius 2 is 1.57 bits per heavy atom. The molecule has 0 aliphatic heterocycles. The van der Waals surface area contributed by atoms with Gasteiger partial charge >= 0.3 is 11.9 Å². The van der Waals surface area contributed by atoms with Gasteiger partial charge in [-0.1, -0.05) is 0 Å². The van der Waals surface area contributed by atoms with Gasteiger partial charge in [0.15, 0.2) is 0 Å². The third kappa shape index (κ3) is 3.69. The highest BCUT2D eigenvalue weighted by atomic mass is 32.1. The highest BCUT2D eigenvalue weighted by Gasteiger charge is 2.19. The van der Waals surface area contributed by atoms with Crippen molar-refractivity contribution in [2.45, 2.75) is 13.8 Å². The summed E-state index contributed by atoms with van der Waals surface area (Å²) in [6, 6.07) is 0. The number of carbonyl (C=O) groups excluding carboxylic acids is 2. The first-order chi connectivity index (χ1) is 6.54. The lowest BCUT2D eigenvalue weighted by Crippen LogP contribution is -2.13. The molecule has 0 bridgehead atoms. The van der Waals surface area contributed by atoms with Gasteiger partial charge in [-0.25, -0.2) is 9.59 Å². The fourth-order valence-electron chi connectivity index (χ4n) is 0.592. The molecule has 0 atom stereocenters. The molecular formula is C8H12O5S. The zero-order chi connectivity index (χ0) is 11.1. The second-order valence-electron chi connectivity index (χ2n) is 2.14. The summed E-state index contributed by atoms with van der Waals surface area (Å²) in [4.78, 5) is 21.4. The van der Waals surface area contributed by atoms with Crippen LogP contribution in [0.3, 0.4) is 0 Å². The SMILES string of the molecule is CCOC(=O)C(O)=C(S)C(=O)OCC. The van der Waals surface area contributed by atoms with Gasteiger partial charge in [0.25, 0.3) is 0 Å². The normalized spacial score (nSPS) is 11.6. The molecule has 0 amide bonds. The summed E-state index contributed by atoms with van der Waals surface area (Å²) in [6.45, 7) is 3.42. The molecule has 1 N–H and O–H groups in total. The topological polar surface area (TPSA) is 72.8 Å². The molecule has 0 saturated carbocycles. The molecule has 0 rings (SSSR count). The fraction of sp³-hybridized carbons (Fsp3) is 0.500. The Bertz CT molecular complexity index is 232. The van der Waals surface area contributed by atoms with Crippen molar-refractivity contribution in [2.24, 2.45) is 0 Å². The van der Waals surface area contributed by atoms with Gasteiger partial charge < -0.3 is 14.6 Å². The molecule has 0 aromatic carbocycles. The van der Waals surface area contributed by atoms with Crippen LogP contribution in [0.4, 0.5) is 0 Å². The average Bonchev–Trinajstić information content (AvgIpc) is 2.16. The number of hydrogen-bond acceptors (Lipinski definition) is 6. The zero-order valence-corrected chi connectivity index (χ0v) is 8.84. The predicted molar refractivity (Wildman–Crippen MR) is 51.9 cm³/mol. The molecule has 0 aromatic rings. The lowest BCUT2D eigenvalue weighted by atomic mass is 10.4. The third-order valence-electron chi connectivity index (χ3n) is 1.16. The smallest absolute Gasteiger partial charge is 0.374 e. The number of aliphatic hydroxyl groups is 1. The van der Waals surface area contributed by atoms with E-state index in [4.69, 9.17) is 5.11 Å². The van der Waals surface area contributed by atoms with Crippen LogP contribution < -0.4 is 0 Å². The van der Waals surface area contributed by atoms with E-state index >= 15 is 0 Å². The average molecular weight is 220 g/mol. The number of aliphatic hydroxyl groups excluding tert-OH is 1. The Kier molecular flexibility index (Phi) is 5.78. The molecule has 0 radical (unpaired) electrons. The standard InChI is InChI=1S/C8H12O5S/c1-3-12-7(10)5(9)6(14)8(11)13-4-2/h9,14H,3-4H2,1-2H3. The number of esters is 2. The summed E-state index contributed by atoms with van der Waals surface area (Å²) in [7, 11) is 0. The van der Waals surface area contributed by atoms with Crippen molar-refractivity contribution in [3.05, 3.63) is 10.7 Å². The first-order valence-corrected chi connectivity index (χ1v) is 4.45. The van der Waals surface area contributed by atoms with Gasteiger partial charge in [0.05, 0.1) is 13.2 Å². The number of rotatable bonds is 4. The monoisotopic (exact) mass is 220 g/mol. The van der Waals surface area contributed by atoms with Gasteiger partial charge in [-0.15, -0.1) is 12.6 Å². The molecule has 6 heteroatoms. The molecule has 0 fully saturated rings. The van der Waals surface area contributed by atoms with Gasteiger partial charge in [0.2, 0.25) is 5.76 Å². The van der Waals surface area contributed by atoms with Crippen molar-refractivity contribution in [1.82, 2.24) is 0 Å². The first kappa shape index (κ1) is 12.8. The van der Waals surface area contributed by atoms with Crippen LogP contribution in [-0.4, -0.2) is 30.3 Å². The predicted octanol–water partition coefficient (Wildman–Crippen LogP) is 0.812. The summed E-state index contributed by atoms with van der Waals surface area (Å²) in [5.41, 5.74) is 0. The Balaban J connectivity index is 4.57. The number of hydrogen-bond donors (Lipinski definition) is 2. The van der Waals surface area contributed by atoms with Crippen LogP contribution >= 0.6 is 12.6 Å². The highest BCUT2D eigenvalue weighted by molar-refractivity contribution is 7.85. The van der Waals surface area contributed by atoms with Crippen LogP contribution in [0, 0.1) is 0 Å². The van der Waals surface area contributed by atoms with Crippen LogP contribution in [0.15, 0.2) is 10.7 Å². The fourth-order valence-corrected chi connectivity index (χ4v) is 0.748. The van der Waals surface area contributed by atoms with Crippen molar-refractivity contribution in [1.29, 1.82) is 0 Å². The molecule has 0 aromatic heterocycles. The molecule has 0 heterocycles. The maximum Gasteiger partial charge on any atom is 0.374 e. The molecule has 0 aliphatic rings. The highest BCUT2D eigenvalue weighted by Crippen LogP contribution is 2.10. The maximum atomic E-state index is 11.0. The van der Waals surface area contributed by atoms with Gasteiger partial charge in [-0.05, 0) is 13.8 Å². The summed E-state index contributed by atoms with van der Waals surface area (Å²) in [5.74, 6) is -2.69. The number of thiol groups is 1. The molecule has 0 unspecified atom stereocenters. The molecule has 0 aliphatic carbocycles. The summed E-state index contributed by atoms with van der Waals surface area (Å²) >= 11 is 3.64. The van der Waals surface area contributed by atoms with Crippen molar-refractivity contribution < 1.29 is 24.2 Å². The van der Waals surface area contributed by atoms with Crippen molar-refractivity contribution in [2.75, 3.05) is 13.2 Å². The van der Waals surface area contributed by atoms with E-state index in [9.17, 15) is 9.59 Å². The third-order valence-corrected chi connectivity index (χ3v) is 1.56. The summed E-state index contributed by atoms with van der Waals surface area (Å²) in [5, 5.41) is 9.14. The van der Waals surface area contributed by atoms with E-state index in [1.807, 2.05) is 0 Å². The Hall–Kier alpha value is -1.17. The van der Waals surface area contributed by atoms with E-state index in [2.05, 4.69) is 22.1 Å². The van der Waals surface area contributed by atoms with Gasteiger partial charge in [-0.3, -0.25) is 0 Å². The van der Waals surface area contributed by atoms with Crippen LogP contribution in [-0.2, 0) is 19.1 Å². The van der Waals surface area contributed by atoms with Crippen LogP contribution in [0.5, 0.6) is 0 Å². The second-order valence-corrected chi connectivity index (χ2v) is 2.59. The van der Waals surface area contributed by atoms with E-state index in [1.54, 1.807) is 13.8 Å². The quantitative estimate of drug-likeness (QED) is 0.317. The van der Waals surface area contributed by atoms with E-state index in [0.717, 1.165) is 0 Å². The van der Waals surface area contributed by atoms with E-state index < -0.39 is 22.6 Å². The molecule has 80 valence electrons. The lowest BCUT2D eigenvalue weighted by molar-refractivity contribution is -0.143. The number of ether oxygens (including phenoxy) is 2. The molecule has 5 nitrogen and oxygen atoms in total. The van der Waals surface area contributed by atoms with E-state index in [-0.39, 0.29) is 13.2 Å². The molecule has 0 spiro atoms. The van der Waals surface area contributed by atoms with Crippen molar-refractivity contribution >= 4 is 24.6 Å². The van der Waals surface area contributed by atoms with Gasteiger partial charge in [0.1, 0.15) is 4.91 Å².